The van der Waals surface area contributed by atoms with Crippen LogP contribution in [0.3, 0.4) is 0 Å². The summed E-state index contributed by atoms with van der Waals surface area (Å²) < 4.78 is 5.73. The molecule has 0 saturated carbocycles. The number of likely N-dealkylation sites (tertiary alicyclic amines) is 1. The molecule has 2 N–H and O–H groups in total. The van der Waals surface area contributed by atoms with Crippen molar-refractivity contribution in [3.05, 3.63) is 0 Å². The first-order chi connectivity index (χ1) is 11.3. The van der Waals surface area contributed by atoms with Crippen molar-refractivity contribution in [1.29, 1.82) is 0 Å². The summed E-state index contributed by atoms with van der Waals surface area (Å²) in [5, 5.41) is 18.5. The number of likely N-dealkylation sites (N-methyl/N-ethyl adjacent to an activating group) is 1. The molecule has 24 heavy (non-hydrogen) atoms. The van der Waals surface area contributed by atoms with Crippen molar-refractivity contribution < 1.29 is 19.7 Å². The molecule has 1 amide bonds. The molecule has 140 valence electrons. The average molecular weight is 343 g/mol. The number of aliphatic hydroxyl groups is 2. The number of hydrogen-bond donors (Lipinski definition) is 2. The Balaban J connectivity index is 1.78. The van der Waals surface area contributed by atoms with Gasteiger partial charge in [0.15, 0.2) is 0 Å². The van der Waals surface area contributed by atoms with Crippen LogP contribution in [0, 0.1) is 5.92 Å². The number of amides is 1. The number of ether oxygens (including phenoxy) is 1. The molecular formula is C17H33N3O4. The molecule has 1 spiro atoms. The largest absolute Gasteiger partial charge is 0.441 e. The SMILES string of the molecule is CC(C)CN(C)CCN1CC2(CCN(C[C@H](O)CO)CC2)OC1=O. The van der Waals surface area contributed by atoms with Gasteiger partial charge in [-0.25, -0.2) is 4.79 Å². The summed E-state index contributed by atoms with van der Waals surface area (Å²) in [4.78, 5) is 18.4. The van der Waals surface area contributed by atoms with E-state index in [9.17, 15) is 9.90 Å². The monoisotopic (exact) mass is 343 g/mol. The molecular weight excluding hydrogens is 310 g/mol. The highest BCUT2D eigenvalue weighted by Crippen LogP contribution is 2.33. The number of nitrogens with zero attached hydrogens (tertiary/aromatic N) is 3. The van der Waals surface area contributed by atoms with E-state index in [1.54, 1.807) is 0 Å². The molecule has 0 aromatic rings. The Labute approximate surface area is 145 Å². The van der Waals surface area contributed by atoms with Crippen LogP contribution in [0.1, 0.15) is 26.7 Å². The number of carbonyl (C=O) groups excluding carboxylic acids is 1. The summed E-state index contributed by atoms with van der Waals surface area (Å²) in [6.07, 6.45) is 0.680. The first-order valence-corrected chi connectivity index (χ1v) is 9.01. The fourth-order valence-electron chi connectivity index (χ4n) is 3.63. The minimum atomic E-state index is -0.696. The molecule has 0 unspecified atom stereocenters. The van der Waals surface area contributed by atoms with Gasteiger partial charge in [-0.05, 0) is 13.0 Å². The molecule has 0 aromatic carbocycles. The lowest BCUT2D eigenvalue weighted by molar-refractivity contribution is -0.0158. The lowest BCUT2D eigenvalue weighted by Crippen LogP contribution is -2.49. The molecule has 0 radical (unpaired) electrons. The fourth-order valence-corrected chi connectivity index (χ4v) is 3.63. The van der Waals surface area contributed by atoms with Crippen LogP contribution < -0.4 is 0 Å². The predicted octanol–water partition coefficient (Wildman–Crippen LogP) is 0.214. The molecule has 2 heterocycles. The summed E-state index contributed by atoms with van der Waals surface area (Å²) in [6.45, 7) is 9.46. The topological polar surface area (TPSA) is 76.5 Å². The molecule has 7 heteroatoms. The first kappa shape index (κ1) is 19.4. The Bertz CT molecular complexity index is 411. The van der Waals surface area contributed by atoms with Crippen LogP contribution in [0.15, 0.2) is 0 Å². The van der Waals surface area contributed by atoms with E-state index in [0.717, 1.165) is 39.0 Å². The van der Waals surface area contributed by atoms with Gasteiger partial charge >= 0.3 is 6.09 Å². The number of rotatable bonds is 8. The fraction of sp³-hybridized carbons (Fsp3) is 0.941. The van der Waals surface area contributed by atoms with Gasteiger partial charge in [-0.1, -0.05) is 13.8 Å². The molecule has 2 rings (SSSR count). The molecule has 0 aromatic heterocycles. The zero-order valence-corrected chi connectivity index (χ0v) is 15.3. The molecule has 2 aliphatic heterocycles. The Morgan fingerprint density at radius 2 is 2.00 bits per heavy atom. The number of piperidine rings is 1. The van der Waals surface area contributed by atoms with Crippen LogP contribution in [-0.2, 0) is 4.74 Å². The van der Waals surface area contributed by atoms with Gasteiger partial charge in [0.05, 0.1) is 19.3 Å². The van der Waals surface area contributed by atoms with Crippen LogP contribution in [0.5, 0.6) is 0 Å². The number of hydrogen-bond acceptors (Lipinski definition) is 6. The summed E-state index contributed by atoms with van der Waals surface area (Å²) >= 11 is 0. The highest BCUT2D eigenvalue weighted by atomic mass is 16.6. The van der Waals surface area contributed by atoms with Crippen molar-refractivity contribution in [3.63, 3.8) is 0 Å². The highest BCUT2D eigenvalue weighted by Gasteiger charge is 2.46. The second-order valence-electron chi connectivity index (χ2n) is 7.77. The lowest BCUT2D eigenvalue weighted by Gasteiger charge is -2.38. The maximum absolute atomic E-state index is 12.2. The van der Waals surface area contributed by atoms with Crippen molar-refractivity contribution >= 4 is 6.09 Å². The minimum absolute atomic E-state index is 0.197. The normalized spacial score (nSPS) is 22.6. The van der Waals surface area contributed by atoms with Crippen molar-refractivity contribution in [1.82, 2.24) is 14.7 Å². The molecule has 2 aliphatic rings. The van der Waals surface area contributed by atoms with Gasteiger partial charge in [-0.2, -0.15) is 0 Å². The van der Waals surface area contributed by atoms with Gasteiger partial charge in [0.2, 0.25) is 0 Å². The van der Waals surface area contributed by atoms with Crippen molar-refractivity contribution in [3.8, 4) is 0 Å². The third kappa shape index (κ3) is 5.31. The van der Waals surface area contributed by atoms with Crippen LogP contribution >= 0.6 is 0 Å². The number of β-amino-alcohol motifs (C(OH)–C–C–N with tert-alkyl or cyclic N) is 1. The Hall–Kier alpha value is -0.890. The Morgan fingerprint density at radius 1 is 1.33 bits per heavy atom. The third-order valence-corrected chi connectivity index (χ3v) is 4.92. The molecule has 0 aliphatic carbocycles. The second kappa shape index (κ2) is 8.47. The van der Waals surface area contributed by atoms with E-state index in [4.69, 9.17) is 9.84 Å². The van der Waals surface area contributed by atoms with Crippen LogP contribution in [0.25, 0.3) is 0 Å². The first-order valence-electron chi connectivity index (χ1n) is 9.01. The Morgan fingerprint density at radius 3 is 2.58 bits per heavy atom. The maximum atomic E-state index is 12.2. The molecule has 1 atom stereocenters. The summed E-state index contributed by atoms with van der Waals surface area (Å²) in [5.74, 6) is 0.616. The van der Waals surface area contributed by atoms with Gasteiger partial charge < -0.3 is 29.6 Å². The van der Waals surface area contributed by atoms with E-state index in [0.29, 0.717) is 25.6 Å². The smallest absolute Gasteiger partial charge is 0.410 e. The predicted molar refractivity (Wildman–Crippen MR) is 91.9 cm³/mol. The van der Waals surface area contributed by atoms with E-state index >= 15 is 0 Å². The minimum Gasteiger partial charge on any atom is -0.441 e. The summed E-state index contributed by atoms with van der Waals surface area (Å²) in [7, 11) is 2.09. The standard InChI is InChI=1S/C17H33N3O4/c1-14(2)10-18(3)8-9-20-13-17(24-16(20)23)4-6-19(7-5-17)11-15(22)12-21/h14-15,21-22H,4-13H2,1-3H3/t15-/m0/s1. The second-order valence-corrected chi connectivity index (χ2v) is 7.77. The highest BCUT2D eigenvalue weighted by molar-refractivity contribution is 5.70. The van der Waals surface area contributed by atoms with Crippen LogP contribution in [-0.4, -0.2) is 102 Å². The average Bonchev–Trinajstić information content (AvgIpc) is 2.83. The number of carbonyl (C=O) groups is 1. The maximum Gasteiger partial charge on any atom is 0.410 e. The van der Waals surface area contributed by atoms with Crippen molar-refractivity contribution in [2.75, 3.05) is 59.5 Å². The van der Waals surface area contributed by atoms with Crippen LogP contribution in [0.4, 0.5) is 4.79 Å². The zero-order chi connectivity index (χ0) is 17.7. The van der Waals surface area contributed by atoms with Gasteiger partial charge in [0.25, 0.3) is 0 Å². The van der Waals surface area contributed by atoms with Crippen molar-refractivity contribution in [2.24, 2.45) is 5.92 Å². The van der Waals surface area contributed by atoms with E-state index in [2.05, 4.69) is 30.7 Å². The van der Waals surface area contributed by atoms with E-state index in [-0.39, 0.29) is 18.3 Å². The van der Waals surface area contributed by atoms with Gasteiger partial charge in [-0.15, -0.1) is 0 Å². The van der Waals surface area contributed by atoms with Crippen molar-refractivity contribution in [2.45, 2.75) is 38.4 Å². The zero-order valence-electron chi connectivity index (χ0n) is 15.3. The molecule has 0 bridgehead atoms. The molecule has 2 fully saturated rings. The van der Waals surface area contributed by atoms with E-state index in [1.165, 1.54) is 0 Å². The Kier molecular flexibility index (Phi) is 6.86. The summed E-state index contributed by atoms with van der Waals surface area (Å²) in [5.41, 5.74) is -0.367. The van der Waals surface area contributed by atoms with E-state index < -0.39 is 6.10 Å². The number of aliphatic hydroxyl groups excluding tert-OH is 2. The van der Waals surface area contributed by atoms with Gasteiger partial charge in [0.1, 0.15) is 5.60 Å². The third-order valence-electron chi connectivity index (χ3n) is 4.92. The molecule has 2 saturated heterocycles. The van der Waals surface area contributed by atoms with Gasteiger partial charge in [0, 0.05) is 52.1 Å². The van der Waals surface area contributed by atoms with E-state index in [1.807, 2.05) is 4.90 Å². The summed E-state index contributed by atoms with van der Waals surface area (Å²) in [6, 6.07) is 0. The van der Waals surface area contributed by atoms with Gasteiger partial charge in [-0.3, -0.25) is 0 Å². The quantitative estimate of drug-likeness (QED) is 0.656. The lowest BCUT2D eigenvalue weighted by atomic mass is 9.91. The molecule has 7 nitrogen and oxygen atoms in total. The van der Waals surface area contributed by atoms with Crippen LogP contribution in [0.2, 0.25) is 0 Å².